The lowest BCUT2D eigenvalue weighted by Crippen LogP contribution is -2.37. The molecule has 2 atom stereocenters. The molecular weight excluding hydrogens is 441 g/mol. The minimum Gasteiger partial charge on any atom is -0.463 e. The number of esters is 1. The zero-order valence-corrected chi connectivity index (χ0v) is 22.4. The Morgan fingerprint density at radius 1 is 0.967 bits per heavy atom. The fourth-order valence-corrected chi connectivity index (χ4v) is 4.26. The summed E-state index contributed by atoms with van der Waals surface area (Å²) in [7, 11) is 7.80. The number of carbonyl (C=O) groups excluding carboxylic acids is 1. The van der Waals surface area contributed by atoms with Crippen LogP contribution in [-0.2, 0) is 35.1 Å². The maximum absolute atomic E-state index is 11.9. The number of quaternary nitrogens is 1. The summed E-state index contributed by atoms with van der Waals surface area (Å²) in [6.07, 6.45) is 11.1. The van der Waals surface area contributed by atoms with Gasteiger partial charge in [-0.1, -0.05) is 70.5 Å². The lowest BCUT2D eigenvalue weighted by molar-refractivity contribution is -0.870. The molecule has 0 bridgehead atoms. The molecule has 9 heteroatoms. The average molecular weight is 487 g/mol. The van der Waals surface area contributed by atoms with Crippen molar-refractivity contribution < 1.29 is 27.8 Å². The zero-order valence-electron chi connectivity index (χ0n) is 19.8. The Hall–Kier alpha value is 0.310. The van der Waals surface area contributed by atoms with E-state index in [1.54, 1.807) is 7.11 Å². The van der Waals surface area contributed by atoms with E-state index in [4.69, 9.17) is 30.3 Å². The molecular formula is C21H45NO5PS2+. The van der Waals surface area contributed by atoms with Crippen molar-refractivity contribution in [3.8, 4) is 0 Å². The predicted octanol–water partition coefficient (Wildman–Crippen LogP) is 5.36. The van der Waals surface area contributed by atoms with Crippen LogP contribution >= 0.6 is 17.9 Å². The predicted molar refractivity (Wildman–Crippen MR) is 132 cm³/mol. The second-order valence-corrected chi connectivity index (χ2v) is 14.0. The summed E-state index contributed by atoms with van der Waals surface area (Å²) in [5.41, 5.74) is -2.63. The van der Waals surface area contributed by atoms with E-state index in [1.807, 2.05) is 0 Å². The largest absolute Gasteiger partial charge is 0.463 e. The van der Waals surface area contributed by atoms with Crippen molar-refractivity contribution in [2.24, 2.45) is 0 Å². The molecule has 0 rings (SSSR count). The molecule has 6 nitrogen and oxygen atoms in total. The van der Waals surface area contributed by atoms with Crippen LogP contribution in [0.25, 0.3) is 0 Å². The number of hydrogen-bond donors (Lipinski definition) is 1. The Labute approximate surface area is 195 Å². The number of methoxy groups -OCH3 is 1. The first kappa shape index (κ1) is 30.3. The van der Waals surface area contributed by atoms with Crippen molar-refractivity contribution in [3.63, 3.8) is 0 Å². The highest BCUT2D eigenvalue weighted by molar-refractivity contribution is 8.60. The van der Waals surface area contributed by atoms with E-state index < -0.39 is 5.69 Å². The highest BCUT2D eigenvalue weighted by Gasteiger charge is 2.20. The molecule has 30 heavy (non-hydrogen) atoms. The third kappa shape index (κ3) is 20.2. The first-order valence-corrected chi connectivity index (χ1v) is 15.0. The number of carbonyl (C=O) groups is 1. The first-order valence-electron chi connectivity index (χ1n) is 11.2. The van der Waals surface area contributed by atoms with E-state index in [1.165, 1.54) is 44.9 Å². The minimum atomic E-state index is -2.63. The molecule has 0 aromatic carbocycles. The molecule has 0 aliphatic heterocycles. The molecule has 0 saturated heterocycles. The average Bonchev–Trinajstić information content (AvgIpc) is 2.65. The van der Waals surface area contributed by atoms with Crippen LogP contribution in [0.1, 0.15) is 71.1 Å². The fraction of sp³-hybridized carbons (Fsp3) is 0.952. The molecule has 0 radical (unpaired) electrons. The Kier molecular flexibility index (Phi) is 18.0. The van der Waals surface area contributed by atoms with Crippen LogP contribution in [-0.4, -0.2) is 71.2 Å². The van der Waals surface area contributed by atoms with Crippen molar-refractivity contribution in [2.75, 3.05) is 54.6 Å². The molecule has 2 unspecified atom stereocenters. The van der Waals surface area contributed by atoms with Gasteiger partial charge in [0.15, 0.2) is 0 Å². The van der Waals surface area contributed by atoms with Crippen molar-refractivity contribution in [2.45, 2.75) is 77.2 Å². The summed E-state index contributed by atoms with van der Waals surface area (Å²) in [4.78, 5) is 11.9. The van der Waals surface area contributed by atoms with Gasteiger partial charge >= 0.3 is 5.97 Å². The van der Waals surface area contributed by atoms with Gasteiger partial charge in [0, 0.05) is 13.5 Å². The van der Waals surface area contributed by atoms with Crippen LogP contribution in [0.5, 0.6) is 0 Å². The minimum absolute atomic E-state index is 0.148. The van der Waals surface area contributed by atoms with Crippen LogP contribution in [0.2, 0.25) is 0 Å². The van der Waals surface area contributed by atoms with Gasteiger partial charge in [0.25, 0.3) is 0 Å². The van der Waals surface area contributed by atoms with Gasteiger partial charge in [-0.3, -0.25) is 4.79 Å². The van der Waals surface area contributed by atoms with Crippen LogP contribution in [0.3, 0.4) is 0 Å². The van der Waals surface area contributed by atoms with Crippen LogP contribution < -0.4 is 0 Å². The van der Waals surface area contributed by atoms with Gasteiger partial charge in [0.1, 0.15) is 25.9 Å². The molecule has 0 N–H and O–H groups in total. The van der Waals surface area contributed by atoms with Crippen molar-refractivity contribution in [1.82, 2.24) is 0 Å². The second kappa shape index (κ2) is 17.8. The number of hydrogen-bond acceptors (Lipinski definition) is 6. The fourth-order valence-electron chi connectivity index (χ4n) is 2.67. The molecule has 0 saturated carbocycles. The molecule has 180 valence electrons. The van der Waals surface area contributed by atoms with E-state index in [2.05, 4.69) is 40.3 Å². The van der Waals surface area contributed by atoms with E-state index in [0.717, 1.165) is 23.9 Å². The molecule has 0 spiro atoms. The number of nitrogens with zero attached hydrogens (tertiary/aromatic N) is 1. The molecule has 0 heterocycles. The lowest BCUT2D eigenvalue weighted by atomic mass is 10.1. The molecule has 0 aromatic heterocycles. The molecule has 0 amide bonds. The SMILES string of the molecule is CCCCCCCCCCCC(=O)OCC(COP(=S)(S)OCC[N+](C)(C)C)OC. The van der Waals surface area contributed by atoms with Gasteiger partial charge in [-0.15, -0.1) is 0 Å². The Bertz CT molecular complexity index is 489. The maximum atomic E-state index is 11.9. The summed E-state index contributed by atoms with van der Waals surface area (Å²) in [6, 6.07) is 0. The second-order valence-electron chi connectivity index (χ2n) is 8.73. The molecule has 0 aromatic rings. The van der Waals surface area contributed by atoms with E-state index in [-0.39, 0.29) is 25.3 Å². The summed E-state index contributed by atoms with van der Waals surface area (Å²) in [5.74, 6) is -0.190. The first-order chi connectivity index (χ1) is 14.1. The van der Waals surface area contributed by atoms with Gasteiger partial charge in [0.2, 0.25) is 5.69 Å². The third-order valence-corrected chi connectivity index (χ3v) is 7.00. The standard InChI is InChI=1S/C21H44NO5PS2/c1-6-7-8-9-10-11-12-13-14-15-21(23)25-18-20(24-5)19-27-28(29,30)26-17-16-22(2,3)4/h20H,6-19H2,1-5H3/p+1. The Balaban J connectivity index is 3.84. The summed E-state index contributed by atoms with van der Waals surface area (Å²) >= 11 is 9.66. The quantitative estimate of drug-likeness (QED) is 0.0822. The van der Waals surface area contributed by atoms with Crippen LogP contribution in [0.4, 0.5) is 0 Å². The highest BCUT2D eigenvalue weighted by Crippen LogP contribution is 2.53. The summed E-state index contributed by atoms with van der Waals surface area (Å²) < 4.78 is 22.7. The number of unbranched alkanes of at least 4 members (excludes halogenated alkanes) is 8. The normalized spacial score (nSPS) is 15.0. The number of rotatable bonds is 20. The third-order valence-electron chi connectivity index (χ3n) is 4.69. The molecule has 0 aliphatic carbocycles. The van der Waals surface area contributed by atoms with E-state index in [9.17, 15) is 4.79 Å². The van der Waals surface area contributed by atoms with Gasteiger partial charge in [-0.25, -0.2) is 0 Å². The smallest absolute Gasteiger partial charge is 0.305 e. The maximum Gasteiger partial charge on any atom is 0.305 e. The Morgan fingerprint density at radius 3 is 2.07 bits per heavy atom. The number of thiol groups is 1. The topological polar surface area (TPSA) is 54.0 Å². The zero-order chi connectivity index (χ0) is 22.9. The van der Waals surface area contributed by atoms with Crippen molar-refractivity contribution in [1.29, 1.82) is 0 Å². The van der Waals surface area contributed by atoms with Gasteiger partial charge in [0.05, 0.1) is 27.7 Å². The molecule has 0 fully saturated rings. The monoisotopic (exact) mass is 486 g/mol. The van der Waals surface area contributed by atoms with Crippen LogP contribution in [0, 0.1) is 0 Å². The molecule has 0 aliphatic rings. The van der Waals surface area contributed by atoms with Crippen LogP contribution in [0.15, 0.2) is 0 Å². The highest BCUT2D eigenvalue weighted by atomic mass is 32.9. The van der Waals surface area contributed by atoms with Gasteiger partial charge < -0.3 is 23.0 Å². The van der Waals surface area contributed by atoms with E-state index in [0.29, 0.717) is 13.0 Å². The lowest BCUT2D eigenvalue weighted by Gasteiger charge is -2.25. The summed E-state index contributed by atoms with van der Waals surface area (Å²) in [6.45, 7) is 3.86. The van der Waals surface area contributed by atoms with Gasteiger partial charge in [-0.05, 0) is 18.2 Å². The van der Waals surface area contributed by atoms with E-state index >= 15 is 0 Å². The van der Waals surface area contributed by atoms with Gasteiger partial charge in [-0.2, -0.15) is 0 Å². The number of likely N-dealkylation sites (N-methyl/N-ethyl adjacent to an activating group) is 1. The van der Waals surface area contributed by atoms with Crippen molar-refractivity contribution in [3.05, 3.63) is 0 Å². The van der Waals surface area contributed by atoms with Crippen molar-refractivity contribution >= 4 is 35.7 Å². The summed E-state index contributed by atoms with van der Waals surface area (Å²) in [5, 5.41) is 0. The Morgan fingerprint density at radius 2 is 1.53 bits per heavy atom. The number of ether oxygens (including phenoxy) is 2.